The number of carbonyl (C=O) groups excluding carboxylic acids is 1. The molecule has 0 aliphatic rings. The topological polar surface area (TPSA) is 30.0 Å². The predicted molar refractivity (Wildman–Crippen MR) is 56.9 cm³/mol. The number of aromatic nitrogens is 1. The SMILES string of the molecule is O=C(c1ccc(C(F)(F)F)c(F)c1)c1cscn1. The molecule has 0 aliphatic heterocycles. The first-order valence-corrected chi connectivity index (χ1v) is 5.63. The van der Waals surface area contributed by atoms with E-state index in [4.69, 9.17) is 0 Å². The van der Waals surface area contributed by atoms with Gasteiger partial charge < -0.3 is 0 Å². The molecule has 94 valence electrons. The van der Waals surface area contributed by atoms with Crippen LogP contribution in [-0.2, 0) is 6.18 Å². The molecule has 0 unspecified atom stereocenters. The van der Waals surface area contributed by atoms with Crippen molar-refractivity contribution in [3.8, 4) is 0 Å². The molecule has 2 nitrogen and oxygen atoms in total. The number of ketones is 1. The van der Waals surface area contributed by atoms with Gasteiger partial charge in [-0.3, -0.25) is 4.79 Å². The number of alkyl halides is 3. The van der Waals surface area contributed by atoms with Crippen molar-refractivity contribution in [1.29, 1.82) is 0 Å². The molecule has 0 radical (unpaired) electrons. The zero-order chi connectivity index (χ0) is 13.3. The molecule has 1 aromatic heterocycles. The Balaban J connectivity index is 2.38. The van der Waals surface area contributed by atoms with E-state index in [-0.39, 0.29) is 11.3 Å². The van der Waals surface area contributed by atoms with Gasteiger partial charge in [0.1, 0.15) is 11.5 Å². The van der Waals surface area contributed by atoms with E-state index in [0.29, 0.717) is 12.1 Å². The fourth-order valence-corrected chi connectivity index (χ4v) is 1.89. The molecule has 18 heavy (non-hydrogen) atoms. The molecular formula is C11H5F4NOS. The molecule has 0 fully saturated rings. The van der Waals surface area contributed by atoms with Gasteiger partial charge in [0, 0.05) is 10.9 Å². The molecule has 0 atom stereocenters. The molecular weight excluding hydrogens is 270 g/mol. The standard InChI is InChI=1S/C11H5F4NOS/c12-8-3-6(1-2-7(8)11(13,14)15)10(17)9-4-18-5-16-9/h1-5H. The molecule has 0 aliphatic carbocycles. The Labute approximate surface area is 103 Å². The maximum absolute atomic E-state index is 13.3. The van der Waals surface area contributed by atoms with Crippen molar-refractivity contribution in [2.24, 2.45) is 0 Å². The van der Waals surface area contributed by atoms with Crippen LogP contribution in [0.15, 0.2) is 29.1 Å². The Hall–Kier alpha value is -1.76. The van der Waals surface area contributed by atoms with E-state index in [1.54, 1.807) is 0 Å². The summed E-state index contributed by atoms with van der Waals surface area (Å²) in [4.78, 5) is 15.4. The molecule has 1 aromatic carbocycles. The number of thiazole rings is 1. The number of carbonyl (C=O) groups is 1. The highest BCUT2D eigenvalue weighted by Crippen LogP contribution is 2.31. The van der Waals surface area contributed by atoms with E-state index in [9.17, 15) is 22.4 Å². The number of nitrogens with zero attached hydrogens (tertiary/aromatic N) is 1. The summed E-state index contributed by atoms with van der Waals surface area (Å²) >= 11 is 1.17. The first kappa shape index (κ1) is 12.7. The van der Waals surface area contributed by atoms with Gasteiger partial charge in [0.05, 0.1) is 11.1 Å². The summed E-state index contributed by atoms with van der Waals surface area (Å²) in [6, 6.07) is 2.06. The highest BCUT2D eigenvalue weighted by atomic mass is 32.1. The lowest BCUT2D eigenvalue weighted by Crippen LogP contribution is -2.10. The second-order valence-electron chi connectivity index (χ2n) is 3.40. The molecule has 2 rings (SSSR count). The monoisotopic (exact) mass is 275 g/mol. The number of hydrogen-bond donors (Lipinski definition) is 0. The normalized spacial score (nSPS) is 11.6. The molecule has 0 N–H and O–H groups in total. The van der Waals surface area contributed by atoms with E-state index in [1.165, 1.54) is 22.2 Å². The minimum atomic E-state index is -4.77. The summed E-state index contributed by atoms with van der Waals surface area (Å²) in [5.74, 6) is -2.08. The highest BCUT2D eigenvalue weighted by Gasteiger charge is 2.34. The van der Waals surface area contributed by atoms with Crippen molar-refractivity contribution in [3.63, 3.8) is 0 Å². The predicted octanol–water partition coefficient (Wildman–Crippen LogP) is 3.53. The molecule has 0 bridgehead atoms. The van der Waals surface area contributed by atoms with Crippen molar-refractivity contribution in [2.75, 3.05) is 0 Å². The third-order valence-electron chi connectivity index (χ3n) is 2.20. The Morgan fingerprint density at radius 1 is 1.28 bits per heavy atom. The van der Waals surface area contributed by atoms with Crippen molar-refractivity contribution < 1.29 is 22.4 Å². The fraction of sp³-hybridized carbons (Fsp3) is 0.0909. The van der Waals surface area contributed by atoms with Crippen molar-refractivity contribution in [2.45, 2.75) is 6.18 Å². The minimum Gasteiger partial charge on any atom is -0.287 e. The molecule has 2 aromatic rings. The fourth-order valence-electron chi connectivity index (χ4n) is 1.36. The van der Waals surface area contributed by atoms with Gasteiger partial charge >= 0.3 is 6.18 Å². The maximum atomic E-state index is 13.3. The number of rotatable bonds is 2. The summed E-state index contributed by atoms with van der Waals surface area (Å²) in [7, 11) is 0. The average Bonchev–Trinajstić information content (AvgIpc) is 2.79. The quantitative estimate of drug-likeness (QED) is 0.620. The van der Waals surface area contributed by atoms with Gasteiger partial charge in [0.25, 0.3) is 0 Å². The molecule has 0 saturated carbocycles. The van der Waals surface area contributed by atoms with E-state index >= 15 is 0 Å². The van der Waals surface area contributed by atoms with Gasteiger partial charge in [-0.05, 0) is 12.1 Å². The first-order valence-electron chi connectivity index (χ1n) is 4.69. The Morgan fingerprint density at radius 3 is 2.50 bits per heavy atom. The summed E-state index contributed by atoms with van der Waals surface area (Å²) in [6.45, 7) is 0. The van der Waals surface area contributed by atoms with Gasteiger partial charge in [0.15, 0.2) is 0 Å². The van der Waals surface area contributed by atoms with Crippen molar-refractivity contribution in [3.05, 3.63) is 51.7 Å². The van der Waals surface area contributed by atoms with Crippen LogP contribution in [0.25, 0.3) is 0 Å². The van der Waals surface area contributed by atoms with Crippen LogP contribution in [0.1, 0.15) is 21.6 Å². The molecule has 0 amide bonds. The zero-order valence-electron chi connectivity index (χ0n) is 8.66. The van der Waals surface area contributed by atoms with Crippen molar-refractivity contribution in [1.82, 2.24) is 4.98 Å². The van der Waals surface area contributed by atoms with Gasteiger partial charge in [0.2, 0.25) is 5.78 Å². The first-order chi connectivity index (χ1) is 8.39. The summed E-state index contributed by atoms with van der Waals surface area (Å²) in [6.07, 6.45) is -4.77. The molecule has 0 spiro atoms. The maximum Gasteiger partial charge on any atom is 0.419 e. The summed E-state index contributed by atoms with van der Waals surface area (Å²) in [5, 5.41) is 1.44. The van der Waals surface area contributed by atoms with Gasteiger partial charge in [-0.1, -0.05) is 6.07 Å². The lowest BCUT2D eigenvalue weighted by molar-refractivity contribution is -0.140. The van der Waals surface area contributed by atoms with E-state index < -0.39 is 23.3 Å². The second kappa shape index (κ2) is 4.49. The molecule has 0 saturated heterocycles. The Bertz CT molecular complexity index is 577. The van der Waals surface area contributed by atoms with Gasteiger partial charge in [-0.2, -0.15) is 13.2 Å². The minimum absolute atomic E-state index is 0.0826. The number of hydrogen-bond acceptors (Lipinski definition) is 3. The highest BCUT2D eigenvalue weighted by molar-refractivity contribution is 7.07. The molecule has 1 heterocycles. The van der Waals surface area contributed by atoms with Crippen LogP contribution >= 0.6 is 11.3 Å². The van der Waals surface area contributed by atoms with Crippen LogP contribution in [0.3, 0.4) is 0 Å². The van der Waals surface area contributed by atoms with Crippen molar-refractivity contribution >= 4 is 17.1 Å². The van der Waals surface area contributed by atoms with E-state index in [0.717, 1.165) is 6.07 Å². The number of halogens is 4. The van der Waals surface area contributed by atoms with Gasteiger partial charge in [-0.15, -0.1) is 11.3 Å². The number of benzene rings is 1. The largest absolute Gasteiger partial charge is 0.419 e. The van der Waals surface area contributed by atoms with E-state index in [2.05, 4.69) is 4.98 Å². The Morgan fingerprint density at radius 2 is 2.00 bits per heavy atom. The van der Waals surface area contributed by atoms with Gasteiger partial charge in [-0.25, -0.2) is 9.37 Å². The smallest absolute Gasteiger partial charge is 0.287 e. The summed E-state index contributed by atoms with van der Waals surface area (Å²) < 4.78 is 50.2. The zero-order valence-corrected chi connectivity index (χ0v) is 9.48. The van der Waals surface area contributed by atoms with Crippen LogP contribution in [0.5, 0.6) is 0 Å². The van der Waals surface area contributed by atoms with E-state index in [1.807, 2.05) is 0 Å². The van der Waals surface area contributed by atoms with Crippen LogP contribution in [-0.4, -0.2) is 10.8 Å². The average molecular weight is 275 g/mol. The van der Waals surface area contributed by atoms with Crippen LogP contribution < -0.4 is 0 Å². The van der Waals surface area contributed by atoms with Crippen LogP contribution in [0.2, 0.25) is 0 Å². The summed E-state index contributed by atoms with van der Waals surface area (Å²) in [5.41, 5.74) is -0.0592. The van der Waals surface area contributed by atoms with Crippen LogP contribution in [0.4, 0.5) is 17.6 Å². The molecule has 7 heteroatoms. The lowest BCUT2D eigenvalue weighted by Gasteiger charge is -2.08. The van der Waals surface area contributed by atoms with Crippen LogP contribution in [0, 0.1) is 5.82 Å². The second-order valence-corrected chi connectivity index (χ2v) is 4.11. The third kappa shape index (κ3) is 2.40. The third-order valence-corrected chi connectivity index (χ3v) is 2.79. The lowest BCUT2D eigenvalue weighted by atomic mass is 10.1. The Kier molecular flexibility index (Phi) is 3.16.